The van der Waals surface area contributed by atoms with Crippen LogP contribution in [0.25, 0.3) is 0 Å². The fourth-order valence-corrected chi connectivity index (χ4v) is 3.09. The molecule has 0 aromatic heterocycles. The number of esters is 1. The number of hydrogen-bond donors (Lipinski definition) is 1. The molecule has 23 heavy (non-hydrogen) atoms. The summed E-state index contributed by atoms with van der Waals surface area (Å²) in [6.07, 6.45) is 3.26. The van der Waals surface area contributed by atoms with Gasteiger partial charge in [0.25, 0.3) is 0 Å². The van der Waals surface area contributed by atoms with E-state index in [1.807, 2.05) is 30.3 Å². The van der Waals surface area contributed by atoms with Gasteiger partial charge in [0, 0.05) is 0 Å². The van der Waals surface area contributed by atoms with Crippen LogP contribution in [0, 0.1) is 0 Å². The third-order valence-corrected chi connectivity index (χ3v) is 4.38. The van der Waals surface area contributed by atoms with Crippen molar-refractivity contribution in [2.45, 2.75) is 37.2 Å². The first kappa shape index (κ1) is 20.4. The molecule has 4 nitrogen and oxygen atoms in total. The Balaban J connectivity index is 0.00000264. The van der Waals surface area contributed by atoms with Crippen LogP contribution < -0.4 is 24.0 Å². The predicted molar refractivity (Wildman–Crippen MR) is 86.5 cm³/mol. The van der Waals surface area contributed by atoms with E-state index < -0.39 is 11.5 Å². The van der Waals surface area contributed by atoms with Crippen molar-refractivity contribution in [1.82, 2.24) is 0 Å². The summed E-state index contributed by atoms with van der Waals surface area (Å²) in [5.74, 6) is -0.882. The van der Waals surface area contributed by atoms with E-state index in [-0.39, 0.29) is 29.9 Å². The quantitative estimate of drug-likeness (QED) is 0.368. The first-order valence-electron chi connectivity index (χ1n) is 8.06. The molecule has 1 aliphatic rings. The minimum absolute atomic E-state index is 0. The first-order chi connectivity index (χ1) is 10.3. The molecular formula is C18H28INO3. The molecule has 0 heterocycles. The summed E-state index contributed by atoms with van der Waals surface area (Å²) < 4.78 is 6.24. The minimum atomic E-state index is -0.963. The zero-order chi connectivity index (χ0) is 16.2. The van der Waals surface area contributed by atoms with Crippen molar-refractivity contribution in [2.24, 2.45) is 0 Å². The number of rotatable bonds is 6. The van der Waals surface area contributed by atoms with Gasteiger partial charge in [-0.3, -0.25) is 4.79 Å². The van der Waals surface area contributed by atoms with E-state index in [1.54, 1.807) is 0 Å². The van der Waals surface area contributed by atoms with E-state index in [9.17, 15) is 9.90 Å². The van der Waals surface area contributed by atoms with Gasteiger partial charge in [0.15, 0.2) is 0 Å². The zero-order valence-electron chi connectivity index (χ0n) is 14.3. The van der Waals surface area contributed by atoms with Gasteiger partial charge < -0.3 is 38.3 Å². The highest BCUT2D eigenvalue weighted by Gasteiger charge is 2.45. The lowest BCUT2D eigenvalue weighted by molar-refractivity contribution is -0.870. The normalized spacial score (nSPS) is 18.1. The molecule has 0 aliphatic heterocycles. The van der Waals surface area contributed by atoms with Gasteiger partial charge in [-0.15, -0.1) is 0 Å². The standard InChI is InChI=1S/C18H28NO3.HI/c1-19(2,3)13-14-22-17(20)16(15-9-5-4-6-10-15)18(21)11-7-8-12-18;/h4-6,9-10,16,21H,7-8,11-14H2,1-3H3;1H/q+1;/p-1. The average molecular weight is 433 g/mol. The Morgan fingerprint density at radius 3 is 2.30 bits per heavy atom. The number of nitrogens with zero attached hydrogens (tertiary/aromatic N) is 1. The largest absolute Gasteiger partial charge is 1.00 e. The second kappa shape index (κ2) is 8.44. The molecule has 0 spiro atoms. The molecule has 1 aliphatic carbocycles. The molecule has 0 radical (unpaired) electrons. The Kier molecular flexibility index (Phi) is 7.48. The third kappa shape index (κ3) is 5.72. The van der Waals surface area contributed by atoms with Crippen LogP contribution in [0.2, 0.25) is 0 Å². The molecule has 1 N–H and O–H groups in total. The van der Waals surface area contributed by atoms with Crippen LogP contribution in [-0.2, 0) is 9.53 Å². The Morgan fingerprint density at radius 2 is 1.78 bits per heavy atom. The Bertz CT molecular complexity index is 493. The van der Waals surface area contributed by atoms with Crippen molar-refractivity contribution in [3.63, 3.8) is 0 Å². The van der Waals surface area contributed by atoms with Crippen LogP contribution in [0.1, 0.15) is 37.2 Å². The van der Waals surface area contributed by atoms with E-state index in [0.717, 1.165) is 29.4 Å². The molecule has 2 rings (SSSR count). The molecule has 0 saturated heterocycles. The molecule has 1 aromatic rings. The lowest BCUT2D eigenvalue weighted by Gasteiger charge is -2.31. The minimum Gasteiger partial charge on any atom is -1.00 e. The van der Waals surface area contributed by atoms with Crippen molar-refractivity contribution >= 4 is 5.97 Å². The van der Waals surface area contributed by atoms with Gasteiger partial charge in [-0.05, 0) is 18.4 Å². The molecule has 130 valence electrons. The molecule has 5 heteroatoms. The van der Waals surface area contributed by atoms with E-state index in [4.69, 9.17) is 4.74 Å². The first-order valence-corrected chi connectivity index (χ1v) is 8.06. The van der Waals surface area contributed by atoms with Crippen LogP contribution in [0.5, 0.6) is 0 Å². The summed E-state index contributed by atoms with van der Waals surface area (Å²) in [6.45, 7) is 1.13. The lowest BCUT2D eigenvalue weighted by atomic mass is 9.81. The van der Waals surface area contributed by atoms with Crippen molar-refractivity contribution in [1.29, 1.82) is 0 Å². The van der Waals surface area contributed by atoms with Crippen molar-refractivity contribution in [3.8, 4) is 0 Å². The highest BCUT2D eigenvalue weighted by atomic mass is 127. The maximum atomic E-state index is 12.6. The van der Waals surface area contributed by atoms with Crippen molar-refractivity contribution < 1.29 is 43.1 Å². The molecule has 1 aromatic carbocycles. The number of benzene rings is 1. The van der Waals surface area contributed by atoms with Crippen LogP contribution in [0.15, 0.2) is 30.3 Å². The maximum Gasteiger partial charge on any atom is 0.316 e. The van der Waals surface area contributed by atoms with Crippen molar-refractivity contribution in [2.75, 3.05) is 34.3 Å². The third-order valence-electron chi connectivity index (χ3n) is 4.38. The fraction of sp³-hybridized carbons (Fsp3) is 0.611. The van der Waals surface area contributed by atoms with Crippen molar-refractivity contribution in [3.05, 3.63) is 35.9 Å². The van der Waals surface area contributed by atoms with Crippen LogP contribution in [-0.4, -0.2) is 55.5 Å². The second-order valence-electron chi connectivity index (χ2n) is 7.34. The Labute approximate surface area is 156 Å². The number of hydrogen-bond acceptors (Lipinski definition) is 3. The van der Waals surface area contributed by atoms with Gasteiger partial charge in [0.2, 0.25) is 0 Å². The second-order valence-corrected chi connectivity index (χ2v) is 7.34. The average Bonchev–Trinajstić information content (AvgIpc) is 2.86. The Hall–Kier alpha value is -0.660. The molecule has 1 fully saturated rings. The molecule has 1 atom stereocenters. The number of carbonyl (C=O) groups is 1. The van der Waals surface area contributed by atoms with Gasteiger partial charge in [-0.25, -0.2) is 0 Å². The summed E-state index contributed by atoms with van der Waals surface area (Å²) in [5.41, 5.74) is -0.114. The maximum absolute atomic E-state index is 12.6. The summed E-state index contributed by atoms with van der Waals surface area (Å²) in [7, 11) is 6.19. The highest BCUT2D eigenvalue weighted by Crippen LogP contribution is 2.41. The SMILES string of the molecule is C[N+](C)(C)CCOC(=O)C(c1ccccc1)C1(O)CCCC1.[I-]. The summed E-state index contributed by atoms with van der Waals surface area (Å²) in [6, 6.07) is 9.53. The van der Waals surface area contributed by atoms with Gasteiger partial charge >= 0.3 is 5.97 Å². The van der Waals surface area contributed by atoms with Gasteiger partial charge in [0.05, 0.1) is 26.7 Å². The van der Waals surface area contributed by atoms with E-state index in [2.05, 4.69) is 21.1 Å². The Morgan fingerprint density at radius 1 is 1.22 bits per heavy atom. The summed E-state index contributed by atoms with van der Waals surface area (Å²) >= 11 is 0. The van der Waals surface area contributed by atoms with Crippen LogP contribution in [0.4, 0.5) is 0 Å². The van der Waals surface area contributed by atoms with E-state index in [0.29, 0.717) is 19.4 Å². The molecule has 1 saturated carbocycles. The number of ether oxygens (including phenoxy) is 1. The summed E-state index contributed by atoms with van der Waals surface area (Å²) in [5, 5.41) is 10.9. The monoisotopic (exact) mass is 433 g/mol. The van der Waals surface area contributed by atoms with Gasteiger partial charge in [-0.1, -0.05) is 43.2 Å². The topological polar surface area (TPSA) is 46.5 Å². The molecule has 0 bridgehead atoms. The van der Waals surface area contributed by atoms with Crippen LogP contribution in [0.3, 0.4) is 0 Å². The number of halogens is 1. The number of aliphatic hydroxyl groups is 1. The van der Waals surface area contributed by atoms with E-state index in [1.165, 1.54) is 0 Å². The van der Waals surface area contributed by atoms with Gasteiger partial charge in [0.1, 0.15) is 19.1 Å². The van der Waals surface area contributed by atoms with E-state index >= 15 is 0 Å². The smallest absolute Gasteiger partial charge is 0.316 e. The highest BCUT2D eigenvalue weighted by molar-refractivity contribution is 5.80. The zero-order valence-corrected chi connectivity index (χ0v) is 16.5. The number of likely N-dealkylation sites (N-methyl/N-ethyl adjacent to an activating group) is 1. The molecule has 1 unspecified atom stereocenters. The number of quaternary nitrogens is 1. The molecular weight excluding hydrogens is 405 g/mol. The van der Waals surface area contributed by atoms with Gasteiger partial charge in [-0.2, -0.15) is 0 Å². The van der Waals surface area contributed by atoms with Crippen LogP contribution >= 0.6 is 0 Å². The lowest BCUT2D eigenvalue weighted by Crippen LogP contribution is -3.00. The predicted octanol–water partition coefficient (Wildman–Crippen LogP) is -0.671. The summed E-state index contributed by atoms with van der Waals surface area (Å²) in [4.78, 5) is 12.6. The fourth-order valence-electron chi connectivity index (χ4n) is 3.09. The number of carbonyl (C=O) groups excluding carboxylic acids is 1. The molecule has 0 amide bonds.